The van der Waals surface area contributed by atoms with Gasteiger partial charge in [0.05, 0.1) is 29.3 Å². The van der Waals surface area contributed by atoms with Gasteiger partial charge in [0.15, 0.2) is 0 Å². The zero-order valence-electron chi connectivity index (χ0n) is 29.8. The molecule has 0 bridgehead atoms. The molecule has 272 valence electrons. The number of ether oxygens (including phenoxy) is 1. The Morgan fingerprint density at radius 3 is 1.80 bits per heavy atom. The second-order valence-electron chi connectivity index (χ2n) is 14.4. The number of carbonyl (C=O) groups excluding carboxylic acids is 1. The number of likely N-dealkylation sites (tertiary alicyclic amines) is 2. The van der Waals surface area contributed by atoms with Crippen molar-refractivity contribution < 1.29 is 26.4 Å². The Hall–Kier alpha value is -3.05. The average molecular weight is 721 g/mol. The van der Waals surface area contributed by atoms with Gasteiger partial charge in [-0.2, -0.15) is 16.8 Å². The third-order valence-electron chi connectivity index (χ3n) is 9.26. The van der Waals surface area contributed by atoms with Gasteiger partial charge in [-0.05, 0) is 87.5 Å². The van der Waals surface area contributed by atoms with Crippen molar-refractivity contribution in [2.24, 2.45) is 0 Å². The molecule has 6 rings (SSSR count). The summed E-state index contributed by atoms with van der Waals surface area (Å²) in [4.78, 5) is 37.4. The van der Waals surface area contributed by atoms with Crippen molar-refractivity contribution in [1.29, 1.82) is 0 Å². The topological polar surface area (TPSA) is 168 Å². The summed E-state index contributed by atoms with van der Waals surface area (Å²) in [6.45, 7) is 16.0. The van der Waals surface area contributed by atoms with E-state index in [1.165, 1.54) is 42.8 Å². The van der Waals surface area contributed by atoms with Gasteiger partial charge in [0.2, 0.25) is 0 Å². The van der Waals surface area contributed by atoms with Crippen molar-refractivity contribution >= 4 is 29.2 Å². The first-order valence-corrected chi connectivity index (χ1v) is 18.2. The molecule has 0 aromatic carbocycles. The van der Waals surface area contributed by atoms with Crippen molar-refractivity contribution in [1.82, 2.24) is 40.0 Å². The number of carbonyl (C=O) groups is 1. The molecule has 2 unspecified atom stereocenters. The molecule has 0 saturated carbocycles. The lowest BCUT2D eigenvalue weighted by Gasteiger charge is -2.37. The first-order chi connectivity index (χ1) is 23.3. The summed E-state index contributed by atoms with van der Waals surface area (Å²) in [5, 5.41) is 3.54. The van der Waals surface area contributed by atoms with Gasteiger partial charge in [-0.3, -0.25) is 0 Å². The summed E-state index contributed by atoms with van der Waals surface area (Å²) in [6, 6.07) is 0.619. The third-order valence-corrected chi connectivity index (χ3v) is 9.26. The van der Waals surface area contributed by atoms with Gasteiger partial charge in [-0.25, -0.2) is 24.7 Å². The largest absolute Gasteiger partial charge is 0.444 e. The second-order valence-corrected chi connectivity index (χ2v) is 14.6. The van der Waals surface area contributed by atoms with Crippen molar-refractivity contribution in [2.45, 2.75) is 116 Å². The van der Waals surface area contributed by atoms with Crippen LogP contribution < -0.4 is 5.32 Å². The highest BCUT2D eigenvalue weighted by Gasteiger charge is 2.34. The predicted octanol–water partition coefficient (Wildman–Crippen LogP) is 2.95. The number of nitrogens with one attached hydrogen (secondary N) is 1. The predicted molar refractivity (Wildman–Crippen MR) is 186 cm³/mol. The first kappa shape index (κ1) is 40.4. The lowest BCUT2D eigenvalue weighted by atomic mass is 9.88. The summed E-state index contributed by atoms with van der Waals surface area (Å²) in [6.07, 6.45) is 9.88. The number of hydrogen-bond acceptors (Lipinski definition) is 13. The molecule has 14 nitrogen and oxygen atoms in total. The molecule has 0 radical (unpaired) electrons. The Balaban J connectivity index is 0.000000237. The summed E-state index contributed by atoms with van der Waals surface area (Å²) >= 11 is -1.50. The number of nitrogens with zero attached hydrogens (tertiary/aromatic N) is 7. The van der Waals surface area contributed by atoms with E-state index in [0.717, 1.165) is 62.4 Å². The fourth-order valence-corrected chi connectivity index (χ4v) is 7.05. The van der Waals surface area contributed by atoms with Gasteiger partial charge in [0.1, 0.15) is 18.3 Å². The Kier molecular flexibility index (Phi) is 16.0. The van der Waals surface area contributed by atoms with Crippen molar-refractivity contribution in [3.05, 3.63) is 46.6 Å². The van der Waals surface area contributed by atoms with Crippen LogP contribution in [0.15, 0.2) is 12.7 Å². The van der Waals surface area contributed by atoms with Gasteiger partial charge >= 0.3 is 29.2 Å². The van der Waals surface area contributed by atoms with Crippen LogP contribution in [0.4, 0.5) is 4.79 Å². The van der Waals surface area contributed by atoms with Crippen molar-refractivity contribution in [3.63, 3.8) is 0 Å². The van der Waals surface area contributed by atoms with E-state index in [1.807, 2.05) is 25.7 Å². The maximum absolute atomic E-state index is 12.6. The first-order valence-electron chi connectivity index (χ1n) is 16.9. The molecule has 0 aliphatic carbocycles. The minimum absolute atomic E-state index is 0.0825. The number of aromatic nitrogens is 4. The molecule has 1 N–H and O–H groups in total. The maximum atomic E-state index is 12.6. The second kappa shape index (κ2) is 19.4. The van der Waals surface area contributed by atoms with E-state index < -0.39 is 28.7 Å². The molecule has 4 aliphatic rings. The lowest BCUT2D eigenvalue weighted by Crippen LogP contribution is -2.46. The highest BCUT2D eigenvalue weighted by molar-refractivity contribution is 7.51. The summed E-state index contributed by atoms with van der Waals surface area (Å²) in [5.41, 5.74) is 6.79. The minimum atomic E-state index is -0.750. The minimum Gasteiger partial charge on any atom is -0.444 e. The molecule has 16 heteroatoms. The Labute approximate surface area is 297 Å². The van der Waals surface area contributed by atoms with Gasteiger partial charge in [-0.1, -0.05) is 0 Å². The van der Waals surface area contributed by atoms with E-state index in [1.54, 1.807) is 12.7 Å². The normalized spacial score (nSPS) is 23.8. The zero-order chi connectivity index (χ0) is 36.1. The van der Waals surface area contributed by atoms with Gasteiger partial charge in [0, 0.05) is 67.5 Å². The van der Waals surface area contributed by atoms with Crippen LogP contribution >= 0.6 is 0 Å². The maximum Gasteiger partial charge on any atom is 0.410 e. The van der Waals surface area contributed by atoms with E-state index in [4.69, 9.17) is 21.6 Å². The highest BCUT2D eigenvalue weighted by Crippen LogP contribution is 2.33. The summed E-state index contributed by atoms with van der Waals surface area (Å²) in [5.74, 6) is 1.01. The molecule has 1 amide bonds. The van der Waals surface area contributed by atoms with Crippen molar-refractivity contribution in [2.75, 3.05) is 40.3 Å². The Bertz CT molecular complexity index is 1450. The molecule has 0 spiro atoms. The molecule has 4 aliphatic heterocycles. The number of fused-ring (bicyclic) bond motifs is 2. The molecule has 4 atom stereocenters. The Morgan fingerprint density at radius 2 is 1.31 bits per heavy atom. The molecular weight excluding hydrogens is 669 g/mol. The van der Waals surface area contributed by atoms with Crippen molar-refractivity contribution in [3.8, 4) is 0 Å². The fourth-order valence-electron chi connectivity index (χ4n) is 7.05. The third kappa shape index (κ3) is 12.1. The smallest absolute Gasteiger partial charge is 0.410 e. The molecule has 2 fully saturated rings. The Morgan fingerprint density at radius 1 is 0.816 bits per heavy atom. The lowest BCUT2D eigenvalue weighted by molar-refractivity contribution is 0.0134. The number of amides is 1. The van der Waals surface area contributed by atoms with Crippen LogP contribution in [0, 0.1) is 0 Å². The van der Waals surface area contributed by atoms with Gasteiger partial charge in [-0.15, -0.1) is 0 Å². The van der Waals surface area contributed by atoms with Crippen LogP contribution in [-0.2, 0) is 53.8 Å². The molecule has 2 aromatic rings. The van der Waals surface area contributed by atoms with Crippen LogP contribution in [0.2, 0.25) is 0 Å². The molecule has 2 saturated heterocycles. The van der Waals surface area contributed by atoms with Crippen LogP contribution in [0.1, 0.15) is 106 Å². The van der Waals surface area contributed by atoms with E-state index in [0.29, 0.717) is 24.4 Å². The molecular formula is C33H52N8O6S2. The zero-order valence-corrected chi connectivity index (χ0v) is 31.5. The van der Waals surface area contributed by atoms with Gasteiger partial charge < -0.3 is 24.8 Å². The van der Waals surface area contributed by atoms with Crippen LogP contribution in [-0.4, -0.2) is 116 Å². The van der Waals surface area contributed by atoms with Crippen LogP contribution in [0.25, 0.3) is 0 Å². The van der Waals surface area contributed by atoms with E-state index in [2.05, 4.69) is 63.0 Å². The van der Waals surface area contributed by atoms with Crippen LogP contribution in [0.5, 0.6) is 0 Å². The quantitative estimate of drug-likeness (QED) is 0.482. The SMILES string of the molecule is C[C@@H]1Cc2ncnc(C3CCCN(C)C3)c2CN1.C[C@@H]1Cc2ncnc(C3CCCN(C)C3)c2CN1C(=O)OC(C)(C)C.O=S=O.O=S=O. The molecule has 6 heterocycles. The fraction of sp³-hybridized carbons (Fsp3) is 0.727. The molecule has 49 heavy (non-hydrogen) atoms. The van der Waals surface area contributed by atoms with E-state index in [9.17, 15) is 4.79 Å². The standard InChI is InChI=1S/C19H30N4O2.C14H22N4.2O2S/c1-13-9-16-15(11-23(13)18(24)25-19(2,3)4)17(21-12-20-16)14-7-6-8-22(5)10-14;1-10-6-13-12(7-15-10)14(17-9-16-13)11-4-3-5-18(2)8-11;2*1-3-2/h12-14H,6-11H2,1-5H3;9-11,15H,3-8H2,1-2H3;;/t13-,14?;10-,11?;;/m11../s1. The highest BCUT2D eigenvalue weighted by atomic mass is 32.1. The summed E-state index contributed by atoms with van der Waals surface area (Å²) < 4.78 is 38.8. The summed E-state index contributed by atoms with van der Waals surface area (Å²) in [7, 11) is 4.37. The van der Waals surface area contributed by atoms with E-state index in [-0.39, 0.29) is 12.1 Å². The molecule has 2 aromatic heterocycles. The number of hydrogen-bond donors (Lipinski definition) is 1. The average Bonchev–Trinajstić information content (AvgIpc) is 3.04. The van der Waals surface area contributed by atoms with Crippen LogP contribution in [0.3, 0.4) is 0 Å². The number of rotatable bonds is 2. The van der Waals surface area contributed by atoms with E-state index >= 15 is 0 Å². The monoisotopic (exact) mass is 720 g/mol. The number of piperidine rings is 2. The number of likely N-dealkylation sites (N-methyl/N-ethyl adjacent to an activating group) is 2. The van der Waals surface area contributed by atoms with Gasteiger partial charge in [0.25, 0.3) is 0 Å².